The Labute approximate surface area is 49.1 Å². The van der Waals surface area contributed by atoms with E-state index in [9.17, 15) is 0 Å². The first kappa shape index (κ1) is 5.11. The van der Waals surface area contributed by atoms with Gasteiger partial charge in [0.15, 0.2) is 0 Å². The van der Waals surface area contributed by atoms with Crippen LogP contribution < -0.4 is 0 Å². The third-order valence-corrected chi connectivity index (χ3v) is 0.850. The lowest BCUT2D eigenvalue weighted by atomic mass is 10.3. The molecule has 1 rings (SSSR count). The Morgan fingerprint density at radius 2 is 2.50 bits per heavy atom. The van der Waals surface area contributed by atoms with E-state index in [1.807, 2.05) is 6.21 Å². The van der Waals surface area contributed by atoms with Crippen LogP contribution in [0, 0.1) is 11.8 Å². The normalized spacial score (nSPS) is 16.0. The van der Waals surface area contributed by atoms with Crippen LogP contribution in [0.2, 0.25) is 0 Å². The monoisotopic (exact) mass is 105 g/mol. The van der Waals surface area contributed by atoms with Crippen LogP contribution in [0.15, 0.2) is 17.3 Å². The molecule has 0 bridgehead atoms. The highest BCUT2D eigenvalue weighted by Gasteiger charge is 1.75. The summed E-state index contributed by atoms with van der Waals surface area (Å²) in [4.78, 5) is 3.92. The van der Waals surface area contributed by atoms with Gasteiger partial charge in [0.1, 0.15) is 0 Å². The molecule has 0 aromatic rings. The topological polar surface area (TPSA) is 12.4 Å². The second-order valence-corrected chi connectivity index (χ2v) is 1.51. The molecule has 40 valence electrons. The van der Waals surface area contributed by atoms with Crippen molar-refractivity contribution in [3.63, 3.8) is 0 Å². The maximum absolute atomic E-state index is 3.92. The van der Waals surface area contributed by atoms with Crippen molar-refractivity contribution < 1.29 is 0 Å². The van der Waals surface area contributed by atoms with Crippen molar-refractivity contribution in [3.8, 4) is 11.8 Å². The Kier molecular flexibility index (Phi) is 1.94. The molecule has 0 aromatic carbocycles. The molecule has 8 heavy (non-hydrogen) atoms. The molecule has 0 N–H and O–H groups in total. The van der Waals surface area contributed by atoms with Crippen molar-refractivity contribution >= 4 is 6.21 Å². The van der Waals surface area contributed by atoms with Crippen molar-refractivity contribution in [2.45, 2.75) is 12.8 Å². The van der Waals surface area contributed by atoms with Gasteiger partial charge in [-0.3, -0.25) is 4.99 Å². The van der Waals surface area contributed by atoms with Crippen LogP contribution in [0.4, 0.5) is 0 Å². The largest absolute Gasteiger partial charge is 0.268 e. The average molecular weight is 105 g/mol. The molecule has 0 atom stereocenters. The van der Waals surface area contributed by atoms with Crippen LogP contribution in [0.25, 0.3) is 0 Å². The van der Waals surface area contributed by atoms with Crippen molar-refractivity contribution in [3.05, 3.63) is 12.3 Å². The van der Waals surface area contributed by atoms with E-state index in [2.05, 4.69) is 16.8 Å². The second kappa shape index (κ2) is 3.04. The number of aliphatic imine (C=N–C) groups is 1. The van der Waals surface area contributed by atoms with E-state index in [4.69, 9.17) is 0 Å². The lowest BCUT2D eigenvalue weighted by molar-refractivity contribution is 1.15. The lowest BCUT2D eigenvalue weighted by Crippen LogP contribution is -1.73. The van der Waals surface area contributed by atoms with E-state index in [1.165, 1.54) is 0 Å². The summed E-state index contributed by atoms with van der Waals surface area (Å²) in [5, 5.41) is 0. The summed E-state index contributed by atoms with van der Waals surface area (Å²) in [6.07, 6.45) is 7.28. The van der Waals surface area contributed by atoms with Gasteiger partial charge in [0.25, 0.3) is 0 Å². The van der Waals surface area contributed by atoms with Crippen molar-refractivity contribution in [1.82, 2.24) is 0 Å². The van der Waals surface area contributed by atoms with Gasteiger partial charge < -0.3 is 0 Å². The van der Waals surface area contributed by atoms with Gasteiger partial charge in [-0.05, 0) is 6.42 Å². The predicted molar refractivity (Wildman–Crippen MR) is 34.6 cm³/mol. The molecule has 0 saturated heterocycles. The zero-order chi connectivity index (χ0) is 5.66. The molecule has 0 saturated carbocycles. The minimum absolute atomic E-state index is 0.938. The van der Waals surface area contributed by atoms with E-state index >= 15 is 0 Å². The fraction of sp³-hybridized carbons (Fsp3) is 0.286. The summed E-state index contributed by atoms with van der Waals surface area (Å²) in [6, 6.07) is 0. The lowest BCUT2D eigenvalue weighted by Gasteiger charge is -1.82. The number of rotatable bonds is 0. The molecule has 1 nitrogen and oxygen atoms in total. The van der Waals surface area contributed by atoms with Gasteiger partial charge in [0, 0.05) is 24.9 Å². The molecule has 0 aliphatic carbocycles. The van der Waals surface area contributed by atoms with Crippen LogP contribution in [0.3, 0.4) is 0 Å². The Balaban J connectivity index is 2.58. The zero-order valence-electron chi connectivity index (χ0n) is 4.59. The van der Waals surface area contributed by atoms with Gasteiger partial charge in [0.05, 0.1) is 0 Å². The summed E-state index contributed by atoms with van der Waals surface area (Å²) in [5.74, 6) is 5.80. The van der Waals surface area contributed by atoms with Crippen LogP contribution >= 0.6 is 0 Å². The summed E-state index contributed by atoms with van der Waals surface area (Å²) < 4.78 is 0. The second-order valence-electron chi connectivity index (χ2n) is 1.51. The molecule has 0 radical (unpaired) electrons. The molecule has 0 unspecified atom stereocenters. The van der Waals surface area contributed by atoms with Crippen molar-refractivity contribution in [2.24, 2.45) is 4.99 Å². The fourth-order valence-electron chi connectivity index (χ4n) is 0.484. The summed E-state index contributed by atoms with van der Waals surface area (Å²) in [6.45, 7) is 0. The molecule has 0 fully saturated rings. The third kappa shape index (κ3) is 1.61. The summed E-state index contributed by atoms with van der Waals surface area (Å²) >= 11 is 0. The van der Waals surface area contributed by atoms with E-state index in [0.29, 0.717) is 0 Å². The molecule has 0 amide bonds. The maximum atomic E-state index is 3.92. The van der Waals surface area contributed by atoms with Crippen LogP contribution in [0.1, 0.15) is 12.8 Å². The van der Waals surface area contributed by atoms with Gasteiger partial charge in [-0.2, -0.15) is 0 Å². The molecule has 0 spiro atoms. The SMILES string of the molecule is C1#CCCC=NC=C1. The van der Waals surface area contributed by atoms with Gasteiger partial charge in [-0.1, -0.05) is 11.8 Å². The summed E-state index contributed by atoms with van der Waals surface area (Å²) in [7, 11) is 0. The van der Waals surface area contributed by atoms with E-state index in [1.54, 1.807) is 12.3 Å². The molecular formula is C7H7N. The number of hydrogen-bond acceptors (Lipinski definition) is 1. The maximum Gasteiger partial charge on any atom is 0.0347 e. The average Bonchev–Trinajstić information content (AvgIpc) is 1.62. The molecule has 0 aromatic heterocycles. The first-order valence-corrected chi connectivity index (χ1v) is 2.65. The predicted octanol–water partition coefficient (Wildman–Crippen LogP) is 1.37. The molecule has 1 heterocycles. The Morgan fingerprint density at radius 3 is 3.50 bits per heavy atom. The van der Waals surface area contributed by atoms with Crippen molar-refractivity contribution in [1.29, 1.82) is 0 Å². The zero-order valence-corrected chi connectivity index (χ0v) is 4.59. The van der Waals surface area contributed by atoms with E-state index in [-0.39, 0.29) is 0 Å². The van der Waals surface area contributed by atoms with Gasteiger partial charge in [-0.15, -0.1) is 0 Å². The van der Waals surface area contributed by atoms with Crippen LogP contribution in [0.5, 0.6) is 0 Å². The summed E-state index contributed by atoms with van der Waals surface area (Å²) in [5.41, 5.74) is 0. The first-order valence-electron chi connectivity index (χ1n) is 2.65. The quantitative estimate of drug-likeness (QED) is 0.412. The van der Waals surface area contributed by atoms with E-state index < -0.39 is 0 Å². The minimum atomic E-state index is 0.938. The number of hydrogen-bond donors (Lipinski definition) is 0. The number of allylic oxidation sites excluding steroid dienone is 1. The van der Waals surface area contributed by atoms with Crippen LogP contribution in [-0.2, 0) is 0 Å². The number of nitrogens with zero attached hydrogens (tertiary/aromatic N) is 1. The fourth-order valence-corrected chi connectivity index (χ4v) is 0.484. The highest BCUT2D eigenvalue weighted by Crippen LogP contribution is 1.85. The Morgan fingerprint density at radius 1 is 1.50 bits per heavy atom. The molecule has 1 aliphatic rings. The van der Waals surface area contributed by atoms with Gasteiger partial charge in [-0.25, -0.2) is 0 Å². The van der Waals surface area contributed by atoms with Crippen LogP contribution in [-0.4, -0.2) is 6.21 Å². The highest BCUT2D eigenvalue weighted by atomic mass is 14.7. The van der Waals surface area contributed by atoms with E-state index in [0.717, 1.165) is 12.8 Å². The molecular weight excluding hydrogens is 98.1 g/mol. The highest BCUT2D eigenvalue weighted by molar-refractivity contribution is 5.59. The van der Waals surface area contributed by atoms with Gasteiger partial charge >= 0.3 is 0 Å². The Hall–Kier alpha value is -1.03. The molecule has 1 aliphatic heterocycles. The first-order chi connectivity index (χ1) is 4.00. The Bertz CT molecular complexity index is 167. The van der Waals surface area contributed by atoms with Gasteiger partial charge in [0.2, 0.25) is 0 Å². The minimum Gasteiger partial charge on any atom is -0.268 e. The third-order valence-electron chi connectivity index (χ3n) is 0.850. The standard InChI is InChI=1S/C7H7N/c1-2-4-6-8-7-5-3-1/h5-7H,2,4H2. The smallest absolute Gasteiger partial charge is 0.0347 e. The molecule has 1 heteroatoms. The van der Waals surface area contributed by atoms with Crippen molar-refractivity contribution in [2.75, 3.05) is 0 Å².